The first-order valence-electron chi connectivity index (χ1n) is 5.44. The third-order valence-corrected chi connectivity index (χ3v) is 2.24. The zero-order valence-corrected chi connectivity index (χ0v) is 9.99. The minimum Gasteiger partial charge on any atom is -0.424 e. The molecule has 1 rings (SSSR count). The summed E-state index contributed by atoms with van der Waals surface area (Å²) < 4.78 is 5.17. The molecule has 0 atom stereocenters. The van der Waals surface area contributed by atoms with E-state index in [4.69, 9.17) is 4.42 Å². The summed E-state index contributed by atoms with van der Waals surface area (Å²) in [4.78, 5) is 13.4. The van der Waals surface area contributed by atoms with Crippen LogP contribution in [0.15, 0.2) is 4.42 Å². The Morgan fingerprint density at radius 1 is 1.38 bits per heavy atom. The number of nitrogens with zero attached hydrogens (tertiary/aromatic N) is 3. The van der Waals surface area contributed by atoms with Crippen LogP contribution in [0.4, 0.5) is 0 Å². The van der Waals surface area contributed by atoms with Gasteiger partial charge in [-0.05, 0) is 13.8 Å². The maximum atomic E-state index is 11.6. The van der Waals surface area contributed by atoms with Gasteiger partial charge in [-0.1, -0.05) is 0 Å². The Kier molecular flexibility index (Phi) is 4.91. The van der Waals surface area contributed by atoms with Gasteiger partial charge in [-0.25, -0.2) is 0 Å². The molecule has 6 nitrogen and oxygen atoms in total. The first kappa shape index (κ1) is 12.6. The van der Waals surface area contributed by atoms with Crippen LogP contribution >= 0.6 is 0 Å². The molecule has 0 aliphatic heterocycles. The van der Waals surface area contributed by atoms with Crippen LogP contribution in [0.1, 0.15) is 25.6 Å². The molecule has 0 aromatic carbocycles. The molecule has 1 heterocycles. The third-order valence-electron chi connectivity index (χ3n) is 2.24. The standard InChI is InChI=1S/C10H18N4O2/c1-4-14(5-2)10(15)7-11-6-9-13-12-8(3)16-9/h11H,4-7H2,1-3H3. The molecule has 0 spiro atoms. The summed E-state index contributed by atoms with van der Waals surface area (Å²) in [6, 6.07) is 0. The van der Waals surface area contributed by atoms with Crippen molar-refractivity contribution in [2.24, 2.45) is 0 Å². The molecule has 1 N–H and O–H groups in total. The summed E-state index contributed by atoms with van der Waals surface area (Å²) in [6.07, 6.45) is 0. The minimum absolute atomic E-state index is 0.0845. The highest BCUT2D eigenvalue weighted by Gasteiger charge is 2.09. The third kappa shape index (κ3) is 3.62. The van der Waals surface area contributed by atoms with Gasteiger partial charge in [0.2, 0.25) is 17.7 Å². The largest absolute Gasteiger partial charge is 0.424 e. The van der Waals surface area contributed by atoms with Crippen molar-refractivity contribution >= 4 is 5.91 Å². The predicted molar refractivity (Wildman–Crippen MR) is 58.7 cm³/mol. The normalized spacial score (nSPS) is 10.4. The number of aryl methyl sites for hydroxylation is 1. The number of likely N-dealkylation sites (N-methyl/N-ethyl adjacent to an activating group) is 1. The Bertz CT molecular complexity index is 333. The fourth-order valence-electron chi connectivity index (χ4n) is 1.37. The molecular formula is C10H18N4O2. The second kappa shape index (κ2) is 6.22. The van der Waals surface area contributed by atoms with Gasteiger partial charge in [-0.3, -0.25) is 10.1 Å². The second-order valence-corrected chi connectivity index (χ2v) is 3.38. The lowest BCUT2D eigenvalue weighted by atomic mass is 10.4. The monoisotopic (exact) mass is 226 g/mol. The van der Waals surface area contributed by atoms with E-state index >= 15 is 0 Å². The quantitative estimate of drug-likeness (QED) is 0.757. The van der Waals surface area contributed by atoms with E-state index in [0.717, 1.165) is 13.1 Å². The lowest BCUT2D eigenvalue weighted by Gasteiger charge is -2.18. The van der Waals surface area contributed by atoms with Gasteiger partial charge < -0.3 is 9.32 Å². The molecule has 0 bridgehead atoms. The Hall–Kier alpha value is -1.43. The predicted octanol–water partition coefficient (Wildman–Crippen LogP) is 0.336. The number of nitrogens with one attached hydrogen (secondary N) is 1. The van der Waals surface area contributed by atoms with E-state index < -0.39 is 0 Å². The number of hydrogen-bond acceptors (Lipinski definition) is 5. The first-order valence-corrected chi connectivity index (χ1v) is 5.44. The van der Waals surface area contributed by atoms with E-state index in [1.54, 1.807) is 11.8 Å². The molecule has 1 aromatic heterocycles. The molecule has 0 aliphatic rings. The fourth-order valence-corrected chi connectivity index (χ4v) is 1.37. The topological polar surface area (TPSA) is 71.3 Å². The summed E-state index contributed by atoms with van der Waals surface area (Å²) in [5, 5.41) is 10.5. The Morgan fingerprint density at radius 2 is 2.06 bits per heavy atom. The van der Waals surface area contributed by atoms with E-state index in [1.807, 2.05) is 13.8 Å². The molecule has 0 radical (unpaired) electrons. The smallest absolute Gasteiger partial charge is 0.236 e. The van der Waals surface area contributed by atoms with Crippen LogP contribution in [0.3, 0.4) is 0 Å². The summed E-state index contributed by atoms with van der Waals surface area (Å²) in [5.74, 6) is 1.12. The lowest BCUT2D eigenvalue weighted by Crippen LogP contribution is -2.37. The van der Waals surface area contributed by atoms with Crippen molar-refractivity contribution in [2.45, 2.75) is 27.3 Å². The Balaban J connectivity index is 2.27. The number of carbonyl (C=O) groups is 1. The number of hydrogen-bond donors (Lipinski definition) is 1. The molecule has 1 aromatic rings. The van der Waals surface area contributed by atoms with E-state index in [0.29, 0.717) is 24.9 Å². The molecule has 0 unspecified atom stereocenters. The molecule has 0 aliphatic carbocycles. The maximum Gasteiger partial charge on any atom is 0.236 e. The average Bonchev–Trinajstić information content (AvgIpc) is 2.66. The molecule has 16 heavy (non-hydrogen) atoms. The van der Waals surface area contributed by atoms with Crippen molar-refractivity contribution < 1.29 is 9.21 Å². The fraction of sp³-hybridized carbons (Fsp3) is 0.700. The van der Waals surface area contributed by atoms with E-state index in [1.165, 1.54) is 0 Å². The summed E-state index contributed by atoms with van der Waals surface area (Å²) in [6.45, 7) is 7.84. The van der Waals surface area contributed by atoms with Crippen LogP contribution in [-0.4, -0.2) is 40.6 Å². The van der Waals surface area contributed by atoms with Crippen LogP contribution in [0.5, 0.6) is 0 Å². The van der Waals surface area contributed by atoms with Gasteiger partial charge in [0.1, 0.15) is 0 Å². The number of carbonyl (C=O) groups excluding carboxylic acids is 1. The molecule has 1 amide bonds. The van der Waals surface area contributed by atoms with Gasteiger partial charge in [0.25, 0.3) is 0 Å². The zero-order valence-electron chi connectivity index (χ0n) is 9.99. The van der Waals surface area contributed by atoms with Crippen molar-refractivity contribution in [1.82, 2.24) is 20.4 Å². The maximum absolute atomic E-state index is 11.6. The first-order chi connectivity index (χ1) is 7.67. The van der Waals surface area contributed by atoms with Gasteiger partial charge in [-0.2, -0.15) is 0 Å². The van der Waals surface area contributed by atoms with Crippen molar-refractivity contribution in [3.05, 3.63) is 11.8 Å². The van der Waals surface area contributed by atoms with Gasteiger partial charge in [-0.15, -0.1) is 10.2 Å². The molecule has 0 saturated heterocycles. The highest BCUT2D eigenvalue weighted by Crippen LogP contribution is 1.96. The number of amides is 1. The highest BCUT2D eigenvalue weighted by molar-refractivity contribution is 5.78. The van der Waals surface area contributed by atoms with Crippen LogP contribution in [-0.2, 0) is 11.3 Å². The van der Waals surface area contributed by atoms with Gasteiger partial charge >= 0.3 is 0 Å². The van der Waals surface area contributed by atoms with E-state index in [-0.39, 0.29) is 5.91 Å². The highest BCUT2D eigenvalue weighted by atomic mass is 16.4. The van der Waals surface area contributed by atoms with E-state index in [9.17, 15) is 4.79 Å². The average molecular weight is 226 g/mol. The van der Waals surface area contributed by atoms with Crippen molar-refractivity contribution in [3.63, 3.8) is 0 Å². The summed E-state index contributed by atoms with van der Waals surface area (Å²) >= 11 is 0. The van der Waals surface area contributed by atoms with Gasteiger partial charge in [0.05, 0.1) is 13.1 Å². The van der Waals surface area contributed by atoms with Crippen molar-refractivity contribution in [1.29, 1.82) is 0 Å². The van der Waals surface area contributed by atoms with Crippen molar-refractivity contribution in [2.75, 3.05) is 19.6 Å². The number of rotatable bonds is 6. The van der Waals surface area contributed by atoms with Crippen LogP contribution in [0.25, 0.3) is 0 Å². The summed E-state index contributed by atoms with van der Waals surface area (Å²) in [7, 11) is 0. The number of aromatic nitrogens is 2. The Morgan fingerprint density at radius 3 is 2.56 bits per heavy atom. The molecule has 0 fully saturated rings. The van der Waals surface area contributed by atoms with Crippen LogP contribution in [0.2, 0.25) is 0 Å². The zero-order chi connectivity index (χ0) is 12.0. The van der Waals surface area contributed by atoms with E-state index in [2.05, 4.69) is 15.5 Å². The van der Waals surface area contributed by atoms with Gasteiger partial charge in [0.15, 0.2) is 0 Å². The summed E-state index contributed by atoms with van der Waals surface area (Å²) in [5.41, 5.74) is 0. The second-order valence-electron chi connectivity index (χ2n) is 3.38. The molecular weight excluding hydrogens is 208 g/mol. The van der Waals surface area contributed by atoms with Gasteiger partial charge in [0, 0.05) is 20.0 Å². The molecule has 6 heteroatoms. The van der Waals surface area contributed by atoms with Crippen molar-refractivity contribution in [3.8, 4) is 0 Å². The minimum atomic E-state index is 0.0845. The van der Waals surface area contributed by atoms with Crippen LogP contribution < -0.4 is 5.32 Å². The lowest BCUT2D eigenvalue weighted by molar-refractivity contribution is -0.129. The van der Waals surface area contributed by atoms with Crippen LogP contribution in [0, 0.1) is 6.92 Å². The SMILES string of the molecule is CCN(CC)C(=O)CNCc1nnc(C)o1. The molecule has 0 saturated carbocycles. The molecule has 90 valence electrons. The Labute approximate surface area is 95.0 Å².